The summed E-state index contributed by atoms with van der Waals surface area (Å²) in [6, 6.07) is 10.3. The summed E-state index contributed by atoms with van der Waals surface area (Å²) in [5, 5.41) is 2.76. The maximum absolute atomic E-state index is 12.4. The highest BCUT2D eigenvalue weighted by Crippen LogP contribution is 2.32. The van der Waals surface area contributed by atoms with Crippen LogP contribution >= 0.6 is 0 Å². The molecule has 0 spiro atoms. The molecule has 3 rings (SSSR count). The Hall–Kier alpha value is -3.61. The van der Waals surface area contributed by atoms with E-state index in [4.69, 9.17) is 14.2 Å². The van der Waals surface area contributed by atoms with Crippen LogP contribution in [0, 0.1) is 0 Å². The summed E-state index contributed by atoms with van der Waals surface area (Å²) in [6.45, 7) is 3.99. The summed E-state index contributed by atoms with van der Waals surface area (Å²) in [5.41, 5.74) is 2.60. The zero-order valence-electron chi connectivity index (χ0n) is 17.8. The second kappa shape index (κ2) is 9.93. The van der Waals surface area contributed by atoms with Gasteiger partial charge < -0.3 is 19.5 Å². The zero-order valence-corrected chi connectivity index (χ0v) is 17.8. The van der Waals surface area contributed by atoms with Crippen molar-refractivity contribution < 1.29 is 28.6 Å². The lowest BCUT2D eigenvalue weighted by Crippen LogP contribution is -2.13. The Balaban J connectivity index is 1.57. The lowest BCUT2D eigenvalue weighted by molar-refractivity contribution is -0.136. The second-order valence-corrected chi connectivity index (χ2v) is 7.14. The lowest BCUT2D eigenvalue weighted by Gasteiger charge is -2.10. The molecule has 1 atom stereocenters. The number of rotatable bonds is 9. The van der Waals surface area contributed by atoms with Crippen molar-refractivity contribution in [3.05, 3.63) is 59.2 Å². The molecule has 7 heteroatoms. The first-order chi connectivity index (χ1) is 14.9. The van der Waals surface area contributed by atoms with Crippen LogP contribution in [0.2, 0.25) is 0 Å². The average molecular weight is 423 g/mol. The number of ketones is 1. The number of fused-ring (bicyclic) bond motifs is 1. The van der Waals surface area contributed by atoms with E-state index in [1.165, 1.54) is 6.08 Å². The zero-order chi connectivity index (χ0) is 22.4. The van der Waals surface area contributed by atoms with Crippen molar-refractivity contribution in [3.8, 4) is 11.5 Å². The molecule has 1 heterocycles. The Morgan fingerprint density at radius 3 is 2.68 bits per heavy atom. The minimum Gasteiger partial charge on any atom is -0.493 e. The summed E-state index contributed by atoms with van der Waals surface area (Å²) < 4.78 is 16.0. The summed E-state index contributed by atoms with van der Waals surface area (Å²) in [4.78, 5) is 36.1. The molecule has 2 aromatic rings. The summed E-state index contributed by atoms with van der Waals surface area (Å²) in [6.07, 6.45) is 3.71. The summed E-state index contributed by atoms with van der Waals surface area (Å²) in [5.74, 6) is -0.185. The topological polar surface area (TPSA) is 90.9 Å². The van der Waals surface area contributed by atoms with Crippen LogP contribution in [0.25, 0.3) is 6.08 Å². The normalized spacial score (nSPS) is 14.8. The van der Waals surface area contributed by atoms with E-state index >= 15 is 0 Å². The van der Waals surface area contributed by atoms with E-state index in [1.54, 1.807) is 56.5 Å². The number of anilines is 1. The molecule has 1 amide bonds. The van der Waals surface area contributed by atoms with Gasteiger partial charge in [0.2, 0.25) is 5.91 Å². The number of hydrogen-bond donors (Lipinski definition) is 1. The third-order valence-electron chi connectivity index (χ3n) is 4.90. The predicted octanol–water partition coefficient (Wildman–Crippen LogP) is 3.98. The molecule has 1 aliphatic rings. The van der Waals surface area contributed by atoms with E-state index in [9.17, 15) is 14.4 Å². The van der Waals surface area contributed by atoms with E-state index in [2.05, 4.69) is 5.32 Å². The summed E-state index contributed by atoms with van der Waals surface area (Å²) in [7, 11) is 1.55. The van der Waals surface area contributed by atoms with Gasteiger partial charge >= 0.3 is 5.97 Å². The number of methoxy groups -OCH3 is 1. The molecule has 31 heavy (non-hydrogen) atoms. The van der Waals surface area contributed by atoms with Crippen molar-refractivity contribution in [1.29, 1.82) is 0 Å². The molecule has 0 unspecified atom stereocenters. The molecule has 0 bridgehead atoms. The largest absolute Gasteiger partial charge is 0.493 e. The van der Waals surface area contributed by atoms with E-state index in [1.807, 2.05) is 6.92 Å². The Morgan fingerprint density at radius 1 is 1.13 bits per heavy atom. The third kappa shape index (κ3) is 5.31. The van der Waals surface area contributed by atoms with Crippen LogP contribution in [0.3, 0.4) is 0 Å². The van der Waals surface area contributed by atoms with Crippen LogP contribution in [0.1, 0.15) is 47.7 Å². The molecule has 0 radical (unpaired) electrons. The highest BCUT2D eigenvalue weighted by Gasteiger charge is 2.27. The maximum atomic E-state index is 12.4. The molecular formula is C24H25NO6. The van der Waals surface area contributed by atoms with Crippen LogP contribution < -0.4 is 14.8 Å². The SMILES string of the molecule is CCCOc1ccc(/C=C/C(=O)OCC(=O)c2ccc3c(c2)[C@@H](C)C(=O)N3)cc1OC. The molecule has 0 saturated heterocycles. The average Bonchev–Trinajstić information content (AvgIpc) is 3.07. The molecule has 162 valence electrons. The van der Waals surface area contributed by atoms with Gasteiger partial charge in [0.05, 0.1) is 19.6 Å². The van der Waals surface area contributed by atoms with Crippen LogP contribution in [0.5, 0.6) is 11.5 Å². The van der Waals surface area contributed by atoms with Crippen molar-refractivity contribution in [2.24, 2.45) is 0 Å². The van der Waals surface area contributed by atoms with Crippen molar-refractivity contribution in [3.63, 3.8) is 0 Å². The first kappa shape index (κ1) is 22.1. The number of Topliss-reactive ketones (excluding diaryl/α,β-unsaturated/α-hetero) is 1. The number of nitrogens with one attached hydrogen (secondary N) is 1. The van der Waals surface area contributed by atoms with Crippen LogP contribution in [-0.4, -0.2) is 38.0 Å². The van der Waals surface area contributed by atoms with E-state index in [-0.39, 0.29) is 24.2 Å². The smallest absolute Gasteiger partial charge is 0.331 e. The second-order valence-electron chi connectivity index (χ2n) is 7.14. The van der Waals surface area contributed by atoms with Crippen molar-refractivity contribution in [1.82, 2.24) is 0 Å². The fraction of sp³-hybridized carbons (Fsp3) is 0.292. The monoisotopic (exact) mass is 423 g/mol. The molecule has 1 aliphatic heterocycles. The molecule has 0 fully saturated rings. The fourth-order valence-electron chi connectivity index (χ4n) is 3.14. The maximum Gasteiger partial charge on any atom is 0.331 e. The van der Waals surface area contributed by atoms with Crippen LogP contribution in [0.4, 0.5) is 5.69 Å². The molecule has 0 saturated carbocycles. The number of hydrogen-bond acceptors (Lipinski definition) is 6. The van der Waals surface area contributed by atoms with Gasteiger partial charge in [-0.2, -0.15) is 0 Å². The van der Waals surface area contributed by atoms with Gasteiger partial charge in [-0.15, -0.1) is 0 Å². The number of carbonyl (C=O) groups is 3. The highest BCUT2D eigenvalue weighted by atomic mass is 16.5. The van der Waals surface area contributed by atoms with E-state index in [0.717, 1.165) is 17.5 Å². The molecular weight excluding hydrogens is 398 g/mol. The molecule has 2 aromatic carbocycles. The molecule has 0 aromatic heterocycles. The van der Waals surface area contributed by atoms with Crippen molar-refractivity contribution in [2.45, 2.75) is 26.2 Å². The van der Waals surface area contributed by atoms with Gasteiger partial charge in [-0.25, -0.2) is 4.79 Å². The number of ether oxygens (including phenoxy) is 3. The standard InChI is InChI=1S/C24H25NO6/c1-4-11-30-21-9-5-16(12-22(21)29-3)6-10-23(27)31-14-20(26)17-7-8-19-18(13-17)15(2)24(28)25-19/h5-10,12-13,15H,4,11,14H2,1-3H3,(H,25,28)/b10-6+/t15-/m1/s1. The molecule has 7 nitrogen and oxygen atoms in total. The number of esters is 1. The molecule has 0 aliphatic carbocycles. The number of benzene rings is 2. The first-order valence-corrected chi connectivity index (χ1v) is 10.1. The minimum absolute atomic E-state index is 0.0993. The Bertz CT molecular complexity index is 1030. The van der Waals surface area contributed by atoms with Crippen molar-refractivity contribution >= 4 is 29.4 Å². The van der Waals surface area contributed by atoms with E-state index < -0.39 is 5.97 Å². The first-order valence-electron chi connectivity index (χ1n) is 10.1. The van der Waals surface area contributed by atoms with Gasteiger partial charge in [-0.3, -0.25) is 9.59 Å². The van der Waals surface area contributed by atoms with Crippen LogP contribution in [-0.2, 0) is 14.3 Å². The Labute approximate surface area is 181 Å². The van der Waals surface area contributed by atoms with Gasteiger partial charge in [-0.05, 0) is 60.9 Å². The minimum atomic E-state index is -0.634. The fourth-order valence-corrected chi connectivity index (χ4v) is 3.14. The van der Waals surface area contributed by atoms with Gasteiger partial charge in [0.15, 0.2) is 23.9 Å². The number of amides is 1. The van der Waals surface area contributed by atoms with Crippen LogP contribution in [0.15, 0.2) is 42.5 Å². The molecule has 1 N–H and O–H groups in total. The number of carbonyl (C=O) groups excluding carboxylic acids is 3. The van der Waals surface area contributed by atoms with Gasteiger partial charge in [0, 0.05) is 17.3 Å². The van der Waals surface area contributed by atoms with Crippen molar-refractivity contribution in [2.75, 3.05) is 25.6 Å². The van der Waals surface area contributed by atoms with Gasteiger partial charge in [0.25, 0.3) is 0 Å². The Morgan fingerprint density at radius 2 is 1.94 bits per heavy atom. The highest BCUT2D eigenvalue weighted by molar-refractivity contribution is 6.05. The summed E-state index contributed by atoms with van der Waals surface area (Å²) >= 11 is 0. The Kier molecular flexibility index (Phi) is 7.07. The van der Waals surface area contributed by atoms with E-state index in [0.29, 0.717) is 29.4 Å². The van der Waals surface area contributed by atoms with Gasteiger partial charge in [0.1, 0.15) is 0 Å². The third-order valence-corrected chi connectivity index (χ3v) is 4.90. The predicted molar refractivity (Wildman–Crippen MR) is 117 cm³/mol. The lowest BCUT2D eigenvalue weighted by atomic mass is 9.99. The van der Waals surface area contributed by atoms with Gasteiger partial charge in [-0.1, -0.05) is 13.0 Å². The quantitative estimate of drug-likeness (QED) is 0.373.